The maximum absolute atomic E-state index is 6.20. The SMILES string of the molecule is CC(C)OCCN(C)c1ccc(Cl)c(CNC2CC2)n1. The molecule has 1 heterocycles. The minimum Gasteiger partial charge on any atom is -0.377 e. The van der Waals surface area contributed by atoms with E-state index in [2.05, 4.69) is 15.2 Å². The molecular formula is C15H24ClN3O. The topological polar surface area (TPSA) is 37.4 Å². The highest BCUT2D eigenvalue weighted by Crippen LogP contribution is 2.22. The zero-order valence-corrected chi connectivity index (χ0v) is 13.3. The molecule has 1 N–H and O–H groups in total. The van der Waals surface area contributed by atoms with Crippen LogP contribution in [0.4, 0.5) is 5.82 Å². The van der Waals surface area contributed by atoms with Crippen LogP contribution in [-0.2, 0) is 11.3 Å². The first kappa shape index (κ1) is 15.5. The third-order valence-corrected chi connectivity index (χ3v) is 3.65. The van der Waals surface area contributed by atoms with E-state index in [1.807, 2.05) is 33.0 Å². The van der Waals surface area contributed by atoms with E-state index in [0.717, 1.165) is 29.6 Å². The molecule has 1 aliphatic carbocycles. The van der Waals surface area contributed by atoms with Crippen LogP contribution in [0.5, 0.6) is 0 Å². The van der Waals surface area contributed by atoms with Crippen LogP contribution < -0.4 is 10.2 Å². The second-order valence-electron chi connectivity index (χ2n) is 5.59. The van der Waals surface area contributed by atoms with Gasteiger partial charge in [-0.25, -0.2) is 4.98 Å². The number of pyridine rings is 1. The van der Waals surface area contributed by atoms with Crippen molar-refractivity contribution >= 4 is 17.4 Å². The van der Waals surface area contributed by atoms with Crippen molar-refractivity contribution in [3.05, 3.63) is 22.8 Å². The van der Waals surface area contributed by atoms with Crippen molar-refractivity contribution in [1.29, 1.82) is 0 Å². The standard InChI is InChI=1S/C15H24ClN3O/c1-11(2)20-9-8-19(3)15-7-6-13(16)14(18-15)10-17-12-4-5-12/h6-7,11-12,17H,4-5,8-10H2,1-3H3. The van der Waals surface area contributed by atoms with Gasteiger partial charge in [-0.05, 0) is 38.8 Å². The number of nitrogens with zero attached hydrogens (tertiary/aromatic N) is 2. The number of anilines is 1. The number of aromatic nitrogens is 1. The van der Waals surface area contributed by atoms with Gasteiger partial charge >= 0.3 is 0 Å². The van der Waals surface area contributed by atoms with Crippen molar-refractivity contribution in [1.82, 2.24) is 10.3 Å². The Bertz CT molecular complexity index is 435. The molecule has 0 atom stereocenters. The van der Waals surface area contributed by atoms with E-state index in [-0.39, 0.29) is 6.10 Å². The maximum atomic E-state index is 6.20. The van der Waals surface area contributed by atoms with Crippen LogP contribution in [0.3, 0.4) is 0 Å². The molecule has 0 aliphatic heterocycles. The fraction of sp³-hybridized carbons (Fsp3) is 0.667. The lowest BCUT2D eigenvalue weighted by molar-refractivity contribution is 0.0845. The van der Waals surface area contributed by atoms with Crippen molar-refractivity contribution in [3.63, 3.8) is 0 Å². The van der Waals surface area contributed by atoms with Crippen molar-refractivity contribution in [2.24, 2.45) is 0 Å². The average molecular weight is 298 g/mol. The summed E-state index contributed by atoms with van der Waals surface area (Å²) in [5.41, 5.74) is 0.924. The van der Waals surface area contributed by atoms with E-state index in [1.54, 1.807) is 0 Å². The van der Waals surface area contributed by atoms with Gasteiger partial charge in [-0.15, -0.1) is 0 Å². The van der Waals surface area contributed by atoms with Crippen molar-refractivity contribution in [2.45, 2.75) is 45.4 Å². The number of halogens is 1. The van der Waals surface area contributed by atoms with E-state index < -0.39 is 0 Å². The molecule has 0 unspecified atom stereocenters. The largest absolute Gasteiger partial charge is 0.377 e. The Labute approximate surface area is 126 Å². The van der Waals surface area contributed by atoms with Crippen LogP contribution in [0.2, 0.25) is 5.02 Å². The fourth-order valence-corrected chi connectivity index (χ4v) is 2.05. The van der Waals surface area contributed by atoms with Crippen LogP contribution in [0, 0.1) is 0 Å². The van der Waals surface area contributed by atoms with Gasteiger partial charge in [0.05, 0.1) is 23.4 Å². The predicted octanol–water partition coefficient (Wildman–Crippen LogP) is 2.85. The van der Waals surface area contributed by atoms with Gasteiger partial charge < -0.3 is 15.0 Å². The quantitative estimate of drug-likeness (QED) is 0.801. The van der Waals surface area contributed by atoms with Gasteiger partial charge in [-0.1, -0.05) is 11.6 Å². The van der Waals surface area contributed by atoms with Gasteiger partial charge in [0.25, 0.3) is 0 Å². The summed E-state index contributed by atoms with van der Waals surface area (Å²) in [6.07, 6.45) is 2.80. The highest BCUT2D eigenvalue weighted by Gasteiger charge is 2.20. The first-order chi connectivity index (χ1) is 9.56. The highest BCUT2D eigenvalue weighted by molar-refractivity contribution is 6.31. The smallest absolute Gasteiger partial charge is 0.128 e. The summed E-state index contributed by atoms with van der Waals surface area (Å²) in [4.78, 5) is 6.74. The van der Waals surface area contributed by atoms with Crippen LogP contribution >= 0.6 is 11.6 Å². The molecular weight excluding hydrogens is 274 g/mol. The summed E-state index contributed by atoms with van der Waals surface area (Å²) >= 11 is 6.20. The molecule has 20 heavy (non-hydrogen) atoms. The number of hydrogen-bond donors (Lipinski definition) is 1. The summed E-state index contributed by atoms with van der Waals surface area (Å²) in [6, 6.07) is 4.54. The molecule has 0 radical (unpaired) electrons. The molecule has 1 aromatic heterocycles. The molecule has 5 heteroatoms. The lowest BCUT2D eigenvalue weighted by Gasteiger charge is -2.20. The maximum Gasteiger partial charge on any atom is 0.128 e. The molecule has 112 valence electrons. The molecule has 1 aliphatic rings. The lowest BCUT2D eigenvalue weighted by atomic mass is 10.3. The Morgan fingerprint density at radius 2 is 2.20 bits per heavy atom. The summed E-state index contributed by atoms with van der Waals surface area (Å²) in [5.74, 6) is 0.939. The van der Waals surface area contributed by atoms with Gasteiger partial charge in [0, 0.05) is 26.2 Å². The van der Waals surface area contributed by atoms with Crippen molar-refractivity contribution in [3.8, 4) is 0 Å². The van der Waals surface area contributed by atoms with Gasteiger partial charge in [0.2, 0.25) is 0 Å². The molecule has 4 nitrogen and oxygen atoms in total. The number of hydrogen-bond acceptors (Lipinski definition) is 4. The third kappa shape index (κ3) is 4.93. The summed E-state index contributed by atoms with van der Waals surface area (Å²) in [7, 11) is 2.03. The van der Waals surface area contributed by atoms with E-state index in [0.29, 0.717) is 12.6 Å². The Kier molecular flexibility index (Phi) is 5.64. The second kappa shape index (κ2) is 7.25. The summed E-state index contributed by atoms with van der Waals surface area (Å²) < 4.78 is 5.57. The minimum atomic E-state index is 0.264. The van der Waals surface area contributed by atoms with E-state index in [4.69, 9.17) is 16.3 Å². The molecule has 1 aromatic rings. The molecule has 0 aromatic carbocycles. The highest BCUT2D eigenvalue weighted by atomic mass is 35.5. The molecule has 1 fully saturated rings. The monoisotopic (exact) mass is 297 g/mol. The zero-order chi connectivity index (χ0) is 14.5. The number of nitrogens with one attached hydrogen (secondary N) is 1. The first-order valence-corrected chi connectivity index (χ1v) is 7.65. The van der Waals surface area contributed by atoms with Crippen molar-refractivity contribution < 1.29 is 4.74 Å². The van der Waals surface area contributed by atoms with Crippen LogP contribution in [0.1, 0.15) is 32.4 Å². The van der Waals surface area contributed by atoms with Crippen LogP contribution in [0.15, 0.2) is 12.1 Å². The van der Waals surface area contributed by atoms with E-state index in [9.17, 15) is 0 Å². The van der Waals surface area contributed by atoms with Gasteiger partial charge in [0.1, 0.15) is 5.82 Å². The Morgan fingerprint density at radius 1 is 1.45 bits per heavy atom. The number of rotatable bonds is 8. The second-order valence-corrected chi connectivity index (χ2v) is 6.00. The number of likely N-dealkylation sites (N-methyl/N-ethyl adjacent to an activating group) is 1. The average Bonchev–Trinajstić information content (AvgIpc) is 3.21. The van der Waals surface area contributed by atoms with E-state index in [1.165, 1.54) is 12.8 Å². The summed E-state index contributed by atoms with van der Waals surface area (Å²) in [5, 5.41) is 4.18. The zero-order valence-electron chi connectivity index (χ0n) is 12.5. The normalized spacial score (nSPS) is 14.8. The fourth-order valence-electron chi connectivity index (χ4n) is 1.88. The van der Waals surface area contributed by atoms with Gasteiger partial charge in [0.15, 0.2) is 0 Å². The first-order valence-electron chi connectivity index (χ1n) is 7.28. The Hall–Kier alpha value is -0.840. The van der Waals surface area contributed by atoms with Gasteiger partial charge in [-0.3, -0.25) is 0 Å². The van der Waals surface area contributed by atoms with Crippen LogP contribution in [0.25, 0.3) is 0 Å². The molecule has 0 bridgehead atoms. The van der Waals surface area contributed by atoms with Gasteiger partial charge in [-0.2, -0.15) is 0 Å². The molecule has 1 saturated carbocycles. The molecule has 0 spiro atoms. The Balaban J connectivity index is 1.90. The van der Waals surface area contributed by atoms with Crippen LogP contribution in [-0.4, -0.2) is 37.3 Å². The van der Waals surface area contributed by atoms with Crippen molar-refractivity contribution in [2.75, 3.05) is 25.1 Å². The third-order valence-electron chi connectivity index (χ3n) is 3.31. The lowest BCUT2D eigenvalue weighted by Crippen LogP contribution is -2.25. The number of ether oxygens (including phenoxy) is 1. The predicted molar refractivity (Wildman–Crippen MR) is 83.5 cm³/mol. The minimum absolute atomic E-state index is 0.264. The molecule has 2 rings (SSSR count). The summed E-state index contributed by atoms with van der Waals surface area (Å²) in [6.45, 7) is 6.36. The Morgan fingerprint density at radius 3 is 2.85 bits per heavy atom. The molecule has 0 saturated heterocycles. The van der Waals surface area contributed by atoms with E-state index >= 15 is 0 Å². The molecule has 0 amide bonds.